The molecule has 1 fully saturated rings. The zero-order valence-corrected chi connectivity index (χ0v) is 19.0. The number of rotatable bonds is 8. The molecule has 1 aliphatic rings. The number of pyridine rings is 1. The highest BCUT2D eigenvalue weighted by molar-refractivity contribution is 7.17. The van der Waals surface area contributed by atoms with Gasteiger partial charge in [-0.05, 0) is 46.1 Å². The predicted octanol–water partition coefficient (Wildman–Crippen LogP) is 4.80. The molecule has 0 bridgehead atoms. The predicted molar refractivity (Wildman–Crippen MR) is 118 cm³/mol. The van der Waals surface area contributed by atoms with E-state index in [0.29, 0.717) is 50.5 Å². The van der Waals surface area contributed by atoms with Crippen LogP contribution >= 0.6 is 11.3 Å². The van der Waals surface area contributed by atoms with Gasteiger partial charge in [-0.2, -0.15) is 0 Å². The summed E-state index contributed by atoms with van der Waals surface area (Å²) in [5.41, 5.74) is 2.97. The number of aryl methyl sites for hydroxylation is 2. The van der Waals surface area contributed by atoms with Gasteiger partial charge < -0.3 is 9.26 Å². The molecule has 3 aromatic rings. The number of aromatic nitrogens is 3. The molecule has 9 heteroatoms. The lowest BCUT2D eigenvalue weighted by Gasteiger charge is -2.20. The van der Waals surface area contributed by atoms with Gasteiger partial charge >= 0.3 is 5.97 Å². The molecule has 0 aliphatic heterocycles. The second-order valence-electron chi connectivity index (χ2n) is 7.76. The Hall–Kier alpha value is -2.81. The maximum absolute atomic E-state index is 13.8. The quantitative estimate of drug-likeness (QED) is 0.462. The van der Waals surface area contributed by atoms with Crippen LogP contribution in [0.25, 0.3) is 11.1 Å². The minimum Gasteiger partial charge on any atom is -0.462 e. The van der Waals surface area contributed by atoms with Gasteiger partial charge in [0.15, 0.2) is 5.13 Å². The van der Waals surface area contributed by atoms with Crippen LogP contribution in [-0.2, 0) is 4.74 Å². The molecule has 0 radical (unpaired) electrons. The third-order valence-corrected chi connectivity index (χ3v) is 6.48. The second kappa shape index (κ2) is 8.74. The standard InChI is InChI=1S/C22H26N4O4S/c1-5-7-10-26(22-23-13(4)18(31-22)21(28)29-6-2)20(27)15-11-16(14-8-9-14)24-19-17(15)12(3)25-30-19/h11,14H,5-10H2,1-4H3. The number of carbonyl (C=O) groups is 2. The van der Waals surface area contributed by atoms with Gasteiger partial charge in [0.1, 0.15) is 4.88 Å². The van der Waals surface area contributed by atoms with Crippen LogP contribution in [0.3, 0.4) is 0 Å². The van der Waals surface area contributed by atoms with Gasteiger partial charge in [-0.3, -0.25) is 9.69 Å². The van der Waals surface area contributed by atoms with Crippen molar-refractivity contribution < 1.29 is 18.8 Å². The Labute approximate surface area is 184 Å². The van der Waals surface area contributed by atoms with Crippen LogP contribution in [0.15, 0.2) is 10.6 Å². The summed E-state index contributed by atoms with van der Waals surface area (Å²) in [6, 6.07) is 1.87. The molecular formula is C22H26N4O4S. The van der Waals surface area contributed by atoms with Crippen LogP contribution < -0.4 is 4.90 Å². The number of carbonyl (C=O) groups excluding carboxylic acids is 2. The van der Waals surface area contributed by atoms with Crippen LogP contribution in [0.2, 0.25) is 0 Å². The van der Waals surface area contributed by atoms with Crippen LogP contribution in [0, 0.1) is 13.8 Å². The van der Waals surface area contributed by atoms with Gasteiger partial charge in [-0.1, -0.05) is 29.8 Å². The number of hydrogen-bond donors (Lipinski definition) is 0. The van der Waals surface area contributed by atoms with Gasteiger partial charge in [0.2, 0.25) is 0 Å². The molecule has 0 spiro atoms. The fourth-order valence-electron chi connectivity index (χ4n) is 3.50. The number of esters is 1. The summed E-state index contributed by atoms with van der Waals surface area (Å²) in [6.07, 6.45) is 3.86. The van der Waals surface area contributed by atoms with Crippen molar-refractivity contribution >= 4 is 39.4 Å². The monoisotopic (exact) mass is 442 g/mol. The summed E-state index contributed by atoms with van der Waals surface area (Å²) in [5, 5.41) is 5.16. The van der Waals surface area contributed by atoms with Crippen LogP contribution in [0.4, 0.5) is 5.13 Å². The molecule has 1 amide bonds. The molecule has 0 saturated heterocycles. The molecule has 0 unspecified atom stereocenters. The summed E-state index contributed by atoms with van der Waals surface area (Å²) in [5.74, 6) is -0.231. The maximum atomic E-state index is 13.8. The van der Waals surface area contributed by atoms with Crippen molar-refractivity contribution in [2.75, 3.05) is 18.1 Å². The van der Waals surface area contributed by atoms with Crippen molar-refractivity contribution in [1.82, 2.24) is 15.1 Å². The fraction of sp³-hybridized carbons (Fsp3) is 0.500. The van der Waals surface area contributed by atoms with Crippen molar-refractivity contribution in [3.63, 3.8) is 0 Å². The molecule has 3 aromatic heterocycles. The lowest BCUT2D eigenvalue weighted by atomic mass is 10.1. The van der Waals surface area contributed by atoms with Gasteiger partial charge in [-0.15, -0.1) is 0 Å². The van der Waals surface area contributed by atoms with Gasteiger partial charge in [0.25, 0.3) is 11.6 Å². The molecular weight excluding hydrogens is 416 g/mol. The van der Waals surface area contributed by atoms with Crippen LogP contribution in [-0.4, -0.2) is 40.2 Å². The normalized spacial score (nSPS) is 13.5. The lowest BCUT2D eigenvalue weighted by Crippen LogP contribution is -2.32. The van der Waals surface area contributed by atoms with Crippen molar-refractivity contribution in [2.45, 2.75) is 59.3 Å². The minimum atomic E-state index is -0.413. The Morgan fingerprint density at radius 1 is 1.23 bits per heavy atom. The zero-order valence-electron chi connectivity index (χ0n) is 18.2. The molecule has 1 saturated carbocycles. The van der Waals surface area contributed by atoms with E-state index in [0.717, 1.165) is 31.4 Å². The smallest absolute Gasteiger partial charge is 0.350 e. The molecule has 31 heavy (non-hydrogen) atoms. The number of unbranched alkanes of at least 4 members (excludes halogenated alkanes) is 1. The third-order valence-electron chi connectivity index (χ3n) is 5.32. The third kappa shape index (κ3) is 4.19. The SMILES string of the molecule is CCCCN(C(=O)c1cc(C2CC2)nc2onc(C)c12)c1nc(C)c(C(=O)OCC)s1. The molecule has 4 rings (SSSR count). The lowest BCUT2D eigenvalue weighted by molar-refractivity contribution is 0.0531. The molecule has 3 heterocycles. The number of thiazole rings is 1. The first-order valence-electron chi connectivity index (χ1n) is 10.7. The zero-order chi connectivity index (χ0) is 22.1. The molecule has 0 atom stereocenters. The number of amides is 1. The molecule has 8 nitrogen and oxygen atoms in total. The minimum absolute atomic E-state index is 0.182. The number of anilines is 1. The Balaban J connectivity index is 1.77. The highest BCUT2D eigenvalue weighted by atomic mass is 32.1. The highest BCUT2D eigenvalue weighted by Gasteiger charge is 2.31. The first-order chi connectivity index (χ1) is 14.9. The first-order valence-corrected chi connectivity index (χ1v) is 11.5. The molecule has 164 valence electrons. The van der Waals surface area contributed by atoms with E-state index in [4.69, 9.17) is 9.26 Å². The van der Waals surface area contributed by atoms with Crippen LogP contribution in [0.1, 0.15) is 82.6 Å². The number of hydrogen-bond acceptors (Lipinski definition) is 8. The Morgan fingerprint density at radius 3 is 2.68 bits per heavy atom. The summed E-state index contributed by atoms with van der Waals surface area (Å²) < 4.78 is 10.5. The van der Waals surface area contributed by atoms with E-state index < -0.39 is 5.97 Å². The Kier molecular flexibility index (Phi) is 6.04. The van der Waals surface area contributed by atoms with E-state index in [1.807, 2.05) is 13.0 Å². The Morgan fingerprint density at radius 2 is 2.00 bits per heavy atom. The van der Waals surface area contributed by atoms with Crippen molar-refractivity contribution in [1.29, 1.82) is 0 Å². The maximum Gasteiger partial charge on any atom is 0.350 e. The Bertz CT molecular complexity index is 1130. The van der Waals surface area contributed by atoms with E-state index in [1.165, 1.54) is 11.3 Å². The molecule has 1 aliphatic carbocycles. The van der Waals surface area contributed by atoms with E-state index in [9.17, 15) is 9.59 Å². The van der Waals surface area contributed by atoms with E-state index in [1.54, 1.807) is 18.7 Å². The highest BCUT2D eigenvalue weighted by Crippen LogP contribution is 2.41. The van der Waals surface area contributed by atoms with Crippen molar-refractivity contribution in [3.8, 4) is 0 Å². The second-order valence-corrected chi connectivity index (χ2v) is 8.74. The largest absolute Gasteiger partial charge is 0.462 e. The number of fused-ring (bicyclic) bond motifs is 1. The van der Waals surface area contributed by atoms with Crippen molar-refractivity contribution in [3.05, 3.63) is 33.6 Å². The van der Waals surface area contributed by atoms with Crippen molar-refractivity contribution in [2.24, 2.45) is 0 Å². The average molecular weight is 443 g/mol. The molecule has 0 aromatic carbocycles. The van der Waals surface area contributed by atoms with E-state index in [-0.39, 0.29) is 12.5 Å². The van der Waals surface area contributed by atoms with Gasteiger partial charge in [0.05, 0.1) is 28.9 Å². The van der Waals surface area contributed by atoms with E-state index in [2.05, 4.69) is 22.0 Å². The topological polar surface area (TPSA) is 98.4 Å². The summed E-state index contributed by atoms with van der Waals surface area (Å²) in [4.78, 5) is 37.3. The number of ether oxygens (including phenoxy) is 1. The molecule has 0 N–H and O–H groups in total. The first kappa shape index (κ1) is 21.4. The number of nitrogens with zero attached hydrogens (tertiary/aromatic N) is 4. The fourth-order valence-corrected chi connectivity index (χ4v) is 4.49. The van der Waals surface area contributed by atoms with E-state index >= 15 is 0 Å². The summed E-state index contributed by atoms with van der Waals surface area (Å²) in [6.45, 7) is 8.19. The van der Waals surface area contributed by atoms with Crippen LogP contribution in [0.5, 0.6) is 0 Å². The van der Waals surface area contributed by atoms with Gasteiger partial charge in [-0.25, -0.2) is 14.8 Å². The summed E-state index contributed by atoms with van der Waals surface area (Å²) >= 11 is 1.19. The average Bonchev–Trinajstić information content (AvgIpc) is 3.44. The van der Waals surface area contributed by atoms with Gasteiger partial charge in [0, 0.05) is 18.2 Å². The summed E-state index contributed by atoms with van der Waals surface area (Å²) in [7, 11) is 0.